The third-order valence-electron chi connectivity index (χ3n) is 7.04. The van der Waals surface area contributed by atoms with Crippen molar-refractivity contribution in [3.05, 3.63) is 42.0 Å². The molecule has 1 aromatic rings. The van der Waals surface area contributed by atoms with E-state index in [-0.39, 0.29) is 25.3 Å². The van der Waals surface area contributed by atoms with E-state index in [0.717, 1.165) is 48.1 Å². The van der Waals surface area contributed by atoms with Crippen LogP contribution >= 0.6 is 0 Å². The van der Waals surface area contributed by atoms with Crippen molar-refractivity contribution in [1.82, 2.24) is 20.3 Å². The molecule has 11 heteroatoms. The first-order valence-electron chi connectivity index (χ1n) is 14.0. The minimum Gasteiger partial charge on any atom is -0.494 e. The van der Waals surface area contributed by atoms with Crippen LogP contribution in [0, 0.1) is 5.92 Å². The quantitative estimate of drug-likeness (QED) is 0.195. The molecule has 3 rings (SSSR count). The standard InChI is InChI=1S/C28H42N4O6S/c1-2-3-20-39(36,37)31-25(28(35)30-17-18-32-26(33)11-12-27(32)34)21-23-7-9-24(10-8-23)38-19-5-4-6-22-13-15-29-16-14-22/h7-12,22,25,29,31H,2-6,13-21H2,1H3,(H,30,35). The summed E-state index contributed by atoms with van der Waals surface area (Å²) in [6, 6.07) is 6.30. The average Bonchev–Trinajstić information content (AvgIpc) is 3.25. The molecule has 1 fully saturated rings. The summed E-state index contributed by atoms with van der Waals surface area (Å²) >= 11 is 0. The molecule has 3 N–H and O–H groups in total. The van der Waals surface area contributed by atoms with Crippen molar-refractivity contribution in [3.8, 4) is 5.75 Å². The number of carbonyl (C=O) groups excluding carboxylic acids is 3. The lowest BCUT2D eigenvalue weighted by Gasteiger charge is -2.22. The van der Waals surface area contributed by atoms with Crippen LogP contribution in [0.25, 0.3) is 0 Å². The van der Waals surface area contributed by atoms with Gasteiger partial charge >= 0.3 is 0 Å². The fourth-order valence-corrected chi connectivity index (χ4v) is 6.13. The number of piperidine rings is 1. The van der Waals surface area contributed by atoms with Gasteiger partial charge in [-0.05, 0) is 75.2 Å². The van der Waals surface area contributed by atoms with Crippen LogP contribution < -0.4 is 20.1 Å². The summed E-state index contributed by atoms with van der Waals surface area (Å²) in [4.78, 5) is 37.4. The summed E-state index contributed by atoms with van der Waals surface area (Å²) in [6.45, 7) is 4.81. The molecule has 10 nitrogen and oxygen atoms in total. The molecule has 0 radical (unpaired) electrons. The Bertz CT molecular complexity index is 1070. The van der Waals surface area contributed by atoms with Gasteiger partial charge in [-0.2, -0.15) is 0 Å². The molecule has 0 spiro atoms. The Kier molecular flexibility index (Phi) is 12.4. The van der Waals surface area contributed by atoms with E-state index in [2.05, 4.69) is 15.4 Å². The number of nitrogens with one attached hydrogen (secondary N) is 3. The van der Waals surface area contributed by atoms with Gasteiger partial charge in [-0.15, -0.1) is 0 Å². The van der Waals surface area contributed by atoms with E-state index in [4.69, 9.17) is 4.74 Å². The van der Waals surface area contributed by atoms with E-state index in [0.29, 0.717) is 19.4 Å². The predicted octanol–water partition coefficient (Wildman–Crippen LogP) is 1.91. The molecule has 1 atom stereocenters. The summed E-state index contributed by atoms with van der Waals surface area (Å²) in [5.41, 5.74) is 0.778. The highest BCUT2D eigenvalue weighted by atomic mass is 32.2. The largest absolute Gasteiger partial charge is 0.494 e. The monoisotopic (exact) mass is 562 g/mol. The number of nitrogens with zero attached hydrogens (tertiary/aromatic N) is 1. The summed E-state index contributed by atoms with van der Waals surface area (Å²) in [7, 11) is -3.67. The molecule has 2 aliphatic heterocycles. The van der Waals surface area contributed by atoms with Crippen LogP contribution in [-0.2, 0) is 30.8 Å². The highest BCUT2D eigenvalue weighted by Crippen LogP contribution is 2.19. The van der Waals surface area contributed by atoms with Crippen molar-refractivity contribution < 1.29 is 27.5 Å². The van der Waals surface area contributed by atoms with Crippen LogP contribution in [0.15, 0.2) is 36.4 Å². The molecule has 0 bridgehead atoms. The Labute approximate surface area is 232 Å². The lowest BCUT2D eigenvalue weighted by Crippen LogP contribution is -2.50. The van der Waals surface area contributed by atoms with Crippen LogP contribution in [0.2, 0.25) is 0 Å². The Morgan fingerprint density at radius 3 is 2.44 bits per heavy atom. The first-order valence-corrected chi connectivity index (χ1v) is 15.7. The number of carbonyl (C=O) groups is 3. The third-order valence-corrected chi connectivity index (χ3v) is 8.51. The normalized spacial score (nSPS) is 17.0. The topological polar surface area (TPSA) is 134 Å². The van der Waals surface area contributed by atoms with E-state index in [9.17, 15) is 22.8 Å². The molecule has 2 aliphatic rings. The van der Waals surface area contributed by atoms with Gasteiger partial charge in [0, 0.05) is 25.2 Å². The first kappa shape index (κ1) is 30.8. The maximum absolute atomic E-state index is 12.9. The van der Waals surface area contributed by atoms with E-state index >= 15 is 0 Å². The van der Waals surface area contributed by atoms with Gasteiger partial charge < -0.3 is 15.4 Å². The summed E-state index contributed by atoms with van der Waals surface area (Å²) < 4.78 is 33.5. The number of hydrogen-bond acceptors (Lipinski definition) is 7. The molecule has 0 aliphatic carbocycles. The SMILES string of the molecule is CCCCS(=O)(=O)NC(Cc1ccc(OCCCCC2CCNCC2)cc1)C(=O)NCCN1C(=O)C=CC1=O. The summed E-state index contributed by atoms with van der Waals surface area (Å²) in [5, 5.41) is 6.05. The molecule has 1 aromatic carbocycles. The lowest BCUT2D eigenvalue weighted by atomic mass is 9.93. The fraction of sp³-hybridized carbons (Fsp3) is 0.607. The summed E-state index contributed by atoms with van der Waals surface area (Å²) in [5.74, 6) is 0.0950. The Morgan fingerprint density at radius 1 is 1.08 bits per heavy atom. The molecular weight excluding hydrogens is 520 g/mol. The van der Waals surface area contributed by atoms with Gasteiger partial charge in [0.15, 0.2) is 0 Å². The van der Waals surface area contributed by atoms with Crippen molar-refractivity contribution in [2.45, 2.75) is 64.3 Å². The zero-order valence-electron chi connectivity index (χ0n) is 22.8. The predicted molar refractivity (Wildman–Crippen MR) is 150 cm³/mol. The number of amides is 3. The zero-order valence-corrected chi connectivity index (χ0v) is 23.6. The van der Waals surface area contributed by atoms with Crippen molar-refractivity contribution in [1.29, 1.82) is 0 Å². The van der Waals surface area contributed by atoms with Crippen LogP contribution in [-0.4, -0.2) is 75.6 Å². The maximum atomic E-state index is 12.9. The number of ether oxygens (including phenoxy) is 1. The molecule has 216 valence electrons. The lowest BCUT2D eigenvalue weighted by molar-refractivity contribution is -0.137. The van der Waals surface area contributed by atoms with E-state index in [1.807, 2.05) is 31.2 Å². The fourth-order valence-electron chi connectivity index (χ4n) is 4.72. The Morgan fingerprint density at radius 2 is 1.77 bits per heavy atom. The van der Waals surface area contributed by atoms with E-state index < -0.39 is 33.8 Å². The Hall–Kier alpha value is -2.76. The highest BCUT2D eigenvalue weighted by Gasteiger charge is 2.26. The van der Waals surface area contributed by atoms with Crippen molar-refractivity contribution >= 4 is 27.7 Å². The molecule has 39 heavy (non-hydrogen) atoms. The minimum absolute atomic E-state index is 0.00953. The van der Waals surface area contributed by atoms with Crippen molar-refractivity contribution in [2.75, 3.05) is 38.5 Å². The zero-order chi connectivity index (χ0) is 28.1. The smallest absolute Gasteiger partial charge is 0.253 e. The summed E-state index contributed by atoms with van der Waals surface area (Å²) in [6.07, 6.45) is 9.60. The molecule has 2 heterocycles. The van der Waals surface area contributed by atoms with Gasteiger partial charge in [-0.25, -0.2) is 13.1 Å². The van der Waals surface area contributed by atoms with E-state index in [1.165, 1.54) is 31.4 Å². The van der Waals surface area contributed by atoms with Gasteiger partial charge in [0.2, 0.25) is 15.9 Å². The second-order valence-electron chi connectivity index (χ2n) is 10.2. The second-order valence-corrected chi connectivity index (χ2v) is 12.1. The third kappa shape index (κ3) is 10.7. The minimum atomic E-state index is -3.67. The number of rotatable bonds is 17. The van der Waals surface area contributed by atoms with E-state index in [1.54, 1.807) is 0 Å². The second kappa shape index (κ2) is 15.7. The molecule has 0 aromatic heterocycles. The molecular formula is C28H42N4O6S. The number of benzene rings is 1. The van der Waals surface area contributed by atoms with Crippen LogP contribution in [0.4, 0.5) is 0 Å². The van der Waals surface area contributed by atoms with Gasteiger partial charge in [-0.3, -0.25) is 19.3 Å². The first-order chi connectivity index (χ1) is 18.8. The van der Waals surface area contributed by atoms with Gasteiger partial charge in [0.05, 0.1) is 12.4 Å². The molecule has 0 saturated carbocycles. The maximum Gasteiger partial charge on any atom is 0.253 e. The number of imide groups is 1. The van der Waals surface area contributed by atoms with Crippen LogP contribution in [0.3, 0.4) is 0 Å². The van der Waals surface area contributed by atoms with Crippen molar-refractivity contribution in [2.24, 2.45) is 5.92 Å². The van der Waals surface area contributed by atoms with Gasteiger partial charge in [-0.1, -0.05) is 31.9 Å². The van der Waals surface area contributed by atoms with Crippen LogP contribution in [0.1, 0.15) is 57.4 Å². The molecule has 1 unspecified atom stereocenters. The number of sulfonamides is 1. The average molecular weight is 563 g/mol. The van der Waals surface area contributed by atoms with Gasteiger partial charge in [0.25, 0.3) is 11.8 Å². The molecule has 3 amide bonds. The molecule has 1 saturated heterocycles. The van der Waals surface area contributed by atoms with Gasteiger partial charge in [0.1, 0.15) is 11.8 Å². The Balaban J connectivity index is 1.49. The van der Waals surface area contributed by atoms with Crippen LogP contribution in [0.5, 0.6) is 5.75 Å². The van der Waals surface area contributed by atoms with Crippen molar-refractivity contribution in [3.63, 3.8) is 0 Å². The number of hydrogen-bond donors (Lipinski definition) is 3. The highest BCUT2D eigenvalue weighted by molar-refractivity contribution is 7.89. The number of unbranched alkanes of at least 4 members (excludes halogenated alkanes) is 2.